The van der Waals surface area contributed by atoms with Gasteiger partial charge in [0.25, 0.3) is 0 Å². The number of carbonyl (C=O) groups excluding carboxylic acids is 2. The highest BCUT2D eigenvalue weighted by Gasteiger charge is 2.51. The Kier molecular flexibility index (Phi) is 12.5. The zero-order valence-corrected chi connectivity index (χ0v) is 30.5. The minimum atomic E-state index is -4.23. The Morgan fingerprint density at radius 2 is 1.57 bits per heavy atom. The average molecular weight is 716 g/mol. The number of nitrogens with zero attached hydrogens (tertiary/aromatic N) is 4. The van der Waals surface area contributed by atoms with E-state index < -0.39 is 34.2 Å². The molecule has 4 rings (SSSR count). The van der Waals surface area contributed by atoms with E-state index in [2.05, 4.69) is 26.1 Å². The molecule has 9 nitrogen and oxygen atoms in total. The molecule has 0 aliphatic carbocycles. The third-order valence-electron chi connectivity index (χ3n) is 9.76. The number of rotatable bonds is 14. The first kappa shape index (κ1) is 36.9. The maximum Gasteiger partial charge on any atom is 0.246 e. The second-order valence-corrected chi connectivity index (χ2v) is 15.7. The molecule has 3 unspecified atom stereocenters. The molecule has 13 heteroatoms. The van der Waals surface area contributed by atoms with E-state index in [-0.39, 0.29) is 41.4 Å². The van der Waals surface area contributed by atoms with Crippen molar-refractivity contribution in [2.45, 2.75) is 83.1 Å². The SMILES string of the molecule is CC[N+](CC)(CC)CCCCN(C1CNC2CN(C(C)C)C(=O)C(Cc3ccc(Cl)cc3)N2C1=O)S(=O)(=O)c1ccc(Cl)cc1Cl. The van der Waals surface area contributed by atoms with Crippen molar-refractivity contribution >= 4 is 56.6 Å². The number of hydrogen-bond acceptors (Lipinski definition) is 5. The van der Waals surface area contributed by atoms with Crippen LogP contribution in [-0.2, 0) is 26.0 Å². The van der Waals surface area contributed by atoms with Crippen LogP contribution in [0.4, 0.5) is 0 Å². The monoisotopic (exact) mass is 714 g/mol. The highest BCUT2D eigenvalue weighted by Crippen LogP contribution is 2.32. The number of piperazine rings is 1. The summed E-state index contributed by atoms with van der Waals surface area (Å²) in [4.78, 5) is 31.7. The van der Waals surface area contributed by atoms with Crippen LogP contribution in [-0.4, -0.2) is 109 Å². The molecule has 2 aliphatic heterocycles. The van der Waals surface area contributed by atoms with E-state index in [0.29, 0.717) is 23.0 Å². The smallest absolute Gasteiger partial charge is 0.246 e. The Morgan fingerprint density at radius 3 is 2.15 bits per heavy atom. The van der Waals surface area contributed by atoms with E-state index in [1.807, 2.05) is 26.0 Å². The summed E-state index contributed by atoms with van der Waals surface area (Å²) in [5, 5.41) is 4.31. The first-order valence-electron chi connectivity index (χ1n) is 16.2. The van der Waals surface area contributed by atoms with E-state index >= 15 is 0 Å². The fourth-order valence-corrected chi connectivity index (χ4v) is 9.20. The lowest BCUT2D eigenvalue weighted by molar-refractivity contribution is -0.923. The van der Waals surface area contributed by atoms with Crippen molar-refractivity contribution in [2.24, 2.45) is 0 Å². The van der Waals surface area contributed by atoms with E-state index in [4.69, 9.17) is 34.8 Å². The Balaban J connectivity index is 1.69. The highest BCUT2D eigenvalue weighted by atomic mass is 35.5. The van der Waals surface area contributed by atoms with E-state index in [1.165, 1.54) is 22.5 Å². The van der Waals surface area contributed by atoms with Crippen LogP contribution in [0.1, 0.15) is 53.0 Å². The standard InChI is InChI=1S/C33H47Cl3N5O4S/c1-6-41(7-2,8-3)18-10-9-17-39(46(44,45)30-16-15-26(35)20-27(30)36)29-21-37-31-22-38(23(4)5)32(42)28(40(31)33(29)43)19-24-11-13-25(34)14-12-24/h11-16,20,23,28-29,31,37H,6-10,17-19,21-22H2,1-5H3/q+1. The van der Waals surface area contributed by atoms with Crippen molar-refractivity contribution in [2.75, 3.05) is 45.8 Å². The largest absolute Gasteiger partial charge is 0.335 e. The van der Waals surface area contributed by atoms with Gasteiger partial charge in [0.05, 0.1) is 37.7 Å². The fraction of sp³-hybridized carbons (Fsp3) is 0.576. The van der Waals surface area contributed by atoms with Gasteiger partial charge in [0.1, 0.15) is 23.1 Å². The third kappa shape index (κ3) is 7.86. The molecule has 0 radical (unpaired) electrons. The van der Waals surface area contributed by atoms with Gasteiger partial charge in [-0.1, -0.05) is 46.9 Å². The molecule has 2 aliphatic rings. The van der Waals surface area contributed by atoms with E-state index in [9.17, 15) is 18.0 Å². The molecule has 46 heavy (non-hydrogen) atoms. The molecule has 2 amide bonds. The van der Waals surface area contributed by atoms with Crippen LogP contribution in [0.3, 0.4) is 0 Å². The van der Waals surface area contributed by atoms with Crippen LogP contribution in [0.25, 0.3) is 0 Å². The van der Waals surface area contributed by atoms with Crippen molar-refractivity contribution in [1.82, 2.24) is 19.4 Å². The second-order valence-electron chi connectivity index (χ2n) is 12.5. The lowest BCUT2D eigenvalue weighted by Crippen LogP contribution is -2.75. The molecule has 0 bridgehead atoms. The number of nitrogens with one attached hydrogen (secondary N) is 1. The van der Waals surface area contributed by atoms with Crippen LogP contribution >= 0.6 is 34.8 Å². The summed E-state index contributed by atoms with van der Waals surface area (Å²) in [5.41, 5.74) is 0.851. The van der Waals surface area contributed by atoms with Crippen molar-refractivity contribution < 1.29 is 22.5 Å². The summed E-state index contributed by atoms with van der Waals surface area (Å²) in [6.45, 7) is 14.9. The van der Waals surface area contributed by atoms with Crippen LogP contribution < -0.4 is 5.32 Å². The molecule has 3 atom stereocenters. The molecule has 0 spiro atoms. The Morgan fingerprint density at radius 1 is 0.935 bits per heavy atom. The van der Waals surface area contributed by atoms with Gasteiger partial charge in [-0.05, 0) is 83.4 Å². The fourth-order valence-electron chi connectivity index (χ4n) is 6.70. The van der Waals surface area contributed by atoms with Crippen LogP contribution in [0.5, 0.6) is 0 Å². The molecule has 2 aromatic rings. The molecule has 2 saturated heterocycles. The third-order valence-corrected chi connectivity index (χ3v) is 12.6. The number of carbonyl (C=O) groups is 2. The lowest BCUT2D eigenvalue weighted by Gasteiger charge is -2.52. The molecule has 0 aromatic heterocycles. The van der Waals surface area contributed by atoms with Gasteiger partial charge < -0.3 is 14.3 Å². The number of amides is 2. The number of fused-ring (bicyclic) bond motifs is 1. The van der Waals surface area contributed by atoms with Gasteiger partial charge in [-0.25, -0.2) is 8.42 Å². The maximum absolute atomic E-state index is 14.6. The van der Waals surface area contributed by atoms with Gasteiger partial charge in [0.2, 0.25) is 21.8 Å². The molecular weight excluding hydrogens is 669 g/mol. The highest BCUT2D eigenvalue weighted by molar-refractivity contribution is 7.89. The predicted octanol–water partition coefficient (Wildman–Crippen LogP) is 5.28. The molecule has 0 saturated carbocycles. The summed E-state index contributed by atoms with van der Waals surface area (Å²) >= 11 is 18.7. The lowest BCUT2D eigenvalue weighted by atomic mass is 9.96. The minimum absolute atomic E-state index is 0.00781. The topological polar surface area (TPSA) is 90.0 Å². The second kappa shape index (κ2) is 15.5. The molecular formula is C33H47Cl3N5O4S+. The maximum atomic E-state index is 14.6. The summed E-state index contributed by atoms with van der Waals surface area (Å²) in [7, 11) is -4.23. The number of halogens is 3. The van der Waals surface area contributed by atoms with Crippen molar-refractivity contribution in [3.05, 3.63) is 63.1 Å². The molecule has 2 aromatic carbocycles. The quantitative estimate of drug-likeness (QED) is 0.213. The predicted molar refractivity (Wildman–Crippen MR) is 185 cm³/mol. The summed E-state index contributed by atoms with van der Waals surface area (Å²) < 4.78 is 30.9. The van der Waals surface area contributed by atoms with Crippen molar-refractivity contribution in [3.8, 4) is 0 Å². The first-order chi connectivity index (χ1) is 21.8. The summed E-state index contributed by atoms with van der Waals surface area (Å²) in [6.07, 6.45) is 1.17. The van der Waals surface area contributed by atoms with Gasteiger partial charge in [-0.15, -0.1) is 0 Å². The normalized spacial score (nSPS) is 21.0. The van der Waals surface area contributed by atoms with Crippen LogP contribution in [0.2, 0.25) is 15.1 Å². The van der Waals surface area contributed by atoms with Crippen molar-refractivity contribution in [3.63, 3.8) is 0 Å². The zero-order chi connectivity index (χ0) is 33.8. The number of benzene rings is 2. The van der Waals surface area contributed by atoms with E-state index in [0.717, 1.165) is 42.6 Å². The minimum Gasteiger partial charge on any atom is -0.335 e. The molecule has 1 N–H and O–H groups in total. The van der Waals surface area contributed by atoms with Gasteiger partial charge >= 0.3 is 0 Å². The number of hydrogen-bond donors (Lipinski definition) is 1. The van der Waals surface area contributed by atoms with Gasteiger partial charge in [0, 0.05) is 35.6 Å². The van der Waals surface area contributed by atoms with E-state index in [1.54, 1.807) is 21.9 Å². The first-order valence-corrected chi connectivity index (χ1v) is 18.8. The van der Waals surface area contributed by atoms with Gasteiger partial charge in [-0.3, -0.25) is 14.9 Å². The number of sulfonamides is 1. The number of unbranched alkanes of at least 4 members (excludes halogenated alkanes) is 1. The van der Waals surface area contributed by atoms with Gasteiger partial charge in [0.15, 0.2) is 0 Å². The van der Waals surface area contributed by atoms with Crippen molar-refractivity contribution in [1.29, 1.82) is 0 Å². The number of quaternary nitrogens is 1. The Bertz CT molecular complexity index is 1480. The Labute approximate surface area is 289 Å². The molecule has 2 heterocycles. The van der Waals surface area contributed by atoms with Crippen LogP contribution in [0.15, 0.2) is 47.4 Å². The molecule has 254 valence electrons. The average Bonchev–Trinajstić information content (AvgIpc) is 3.02. The Hall–Kier alpha value is -1.92. The zero-order valence-electron chi connectivity index (χ0n) is 27.4. The molecule has 2 fully saturated rings. The summed E-state index contributed by atoms with van der Waals surface area (Å²) in [6, 6.07) is 9.52. The van der Waals surface area contributed by atoms with Crippen LogP contribution in [0, 0.1) is 0 Å². The summed E-state index contributed by atoms with van der Waals surface area (Å²) in [5.74, 6) is -0.561. The van der Waals surface area contributed by atoms with Gasteiger partial charge in [-0.2, -0.15) is 4.31 Å².